The fourth-order valence-corrected chi connectivity index (χ4v) is 2.42. The maximum Gasteiger partial charge on any atom is 0.149 e. The number of hydrogen-bond donors (Lipinski definition) is 0. The van der Waals surface area contributed by atoms with Crippen molar-refractivity contribution in [2.45, 2.75) is 0 Å². The summed E-state index contributed by atoms with van der Waals surface area (Å²) in [6.45, 7) is 0. The zero-order valence-electron chi connectivity index (χ0n) is 14.1. The van der Waals surface area contributed by atoms with Gasteiger partial charge in [-0.3, -0.25) is 0 Å². The molecule has 0 spiro atoms. The highest BCUT2D eigenvalue weighted by Gasteiger charge is 2.17. The second-order valence-electron chi connectivity index (χ2n) is 5.39. The van der Waals surface area contributed by atoms with Crippen molar-refractivity contribution in [3.63, 3.8) is 0 Å². The highest BCUT2D eigenvalue weighted by atomic mass is 19.1. The van der Waals surface area contributed by atoms with E-state index in [0.717, 1.165) is 12.1 Å². The van der Waals surface area contributed by atoms with Crippen molar-refractivity contribution < 1.29 is 18.3 Å². The number of nitrogens with zero attached hydrogens (tertiary/aromatic N) is 3. The minimum Gasteiger partial charge on any atom is -0.454 e. The Morgan fingerprint density at radius 3 is 1.21 bits per heavy atom. The van der Waals surface area contributed by atoms with E-state index in [1.807, 2.05) is 6.07 Å². The first-order chi connectivity index (χ1) is 13.6. The van der Waals surface area contributed by atoms with E-state index in [1.165, 1.54) is 42.5 Å². The van der Waals surface area contributed by atoms with E-state index < -0.39 is 11.6 Å². The Morgan fingerprint density at radius 2 is 0.857 bits per heavy atom. The van der Waals surface area contributed by atoms with Crippen molar-refractivity contribution in [3.05, 3.63) is 82.9 Å². The molecule has 3 aromatic rings. The lowest BCUT2D eigenvalue weighted by atomic mass is 10.1. The van der Waals surface area contributed by atoms with Gasteiger partial charge in [-0.2, -0.15) is 15.8 Å². The first-order valence-electron chi connectivity index (χ1n) is 7.85. The molecule has 0 fully saturated rings. The van der Waals surface area contributed by atoms with Crippen LogP contribution in [-0.2, 0) is 0 Å². The van der Waals surface area contributed by atoms with Crippen LogP contribution in [0.5, 0.6) is 23.0 Å². The van der Waals surface area contributed by atoms with E-state index in [2.05, 4.69) is 0 Å². The van der Waals surface area contributed by atoms with Gasteiger partial charge >= 0.3 is 0 Å². The molecule has 0 bridgehead atoms. The molecule has 7 heteroatoms. The molecule has 0 heterocycles. The molecular formula is C21H9F2N3O2. The van der Waals surface area contributed by atoms with Gasteiger partial charge in [-0.25, -0.2) is 8.78 Å². The van der Waals surface area contributed by atoms with E-state index in [4.69, 9.17) is 20.0 Å². The van der Waals surface area contributed by atoms with Crippen LogP contribution in [0.15, 0.2) is 54.6 Å². The summed E-state index contributed by atoms with van der Waals surface area (Å²) < 4.78 is 38.6. The van der Waals surface area contributed by atoms with Gasteiger partial charge in [0, 0.05) is 0 Å². The van der Waals surface area contributed by atoms with E-state index in [9.17, 15) is 14.0 Å². The Hall–Kier alpha value is -4.41. The normalized spacial score (nSPS) is 9.68. The smallest absolute Gasteiger partial charge is 0.149 e. The fraction of sp³-hybridized carbons (Fsp3) is 0. The van der Waals surface area contributed by atoms with Gasteiger partial charge in [0.25, 0.3) is 0 Å². The molecule has 0 aliphatic carbocycles. The van der Waals surface area contributed by atoms with Crippen molar-refractivity contribution in [2.75, 3.05) is 0 Å². The Balaban J connectivity index is 2.03. The molecule has 28 heavy (non-hydrogen) atoms. The Morgan fingerprint density at radius 1 is 0.536 bits per heavy atom. The lowest BCUT2D eigenvalue weighted by Gasteiger charge is -2.13. The van der Waals surface area contributed by atoms with Gasteiger partial charge < -0.3 is 9.47 Å². The second kappa shape index (κ2) is 7.86. The second-order valence-corrected chi connectivity index (χ2v) is 5.39. The summed E-state index contributed by atoms with van der Waals surface area (Å²) in [6, 6.07) is 17.4. The molecule has 0 radical (unpaired) electrons. The predicted octanol–water partition coefficient (Wildman–Crippen LogP) is 5.16. The quantitative estimate of drug-likeness (QED) is 0.630. The molecule has 3 rings (SSSR count). The number of nitriles is 3. The maximum absolute atomic E-state index is 13.8. The van der Waals surface area contributed by atoms with Crippen LogP contribution in [0.2, 0.25) is 0 Å². The van der Waals surface area contributed by atoms with Crippen LogP contribution in [0.1, 0.15) is 16.7 Å². The van der Waals surface area contributed by atoms with Crippen molar-refractivity contribution >= 4 is 0 Å². The summed E-state index contributed by atoms with van der Waals surface area (Å²) in [5.41, 5.74) is -0.687. The third-order valence-corrected chi connectivity index (χ3v) is 3.71. The standard InChI is InChI=1S/C21H9F2N3O2/c22-16-4-1-6-18(13(16)10-24)27-20-8-3-9-21(15(20)12-26)28-19-7-2-5-17(23)14(19)11-25/h1-9H. The first-order valence-corrected chi connectivity index (χ1v) is 7.85. The van der Waals surface area contributed by atoms with Crippen LogP contribution in [0, 0.1) is 45.6 Å². The van der Waals surface area contributed by atoms with Crippen molar-refractivity contribution in [2.24, 2.45) is 0 Å². The number of halogens is 2. The number of ether oxygens (including phenoxy) is 2. The third-order valence-electron chi connectivity index (χ3n) is 3.71. The van der Waals surface area contributed by atoms with Crippen molar-refractivity contribution in [3.8, 4) is 41.2 Å². The number of hydrogen-bond acceptors (Lipinski definition) is 5. The summed E-state index contributed by atoms with van der Waals surface area (Å²) >= 11 is 0. The molecular weight excluding hydrogens is 364 g/mol. The Labute approximate surface area is 158 Å². The van der Waals surface area contributed by atoms with Gasteiger partial charge in [0.2, 0.25) is 0 Å². The highest BCUT2D eigenvalue weighted by molar-refractivity contribution is 5.57. The predicted molar refractivity (Wildman–Crippen MR) is 93.5 cm³/mol. The minimum absolute atomic E-state index is 0.0111. The lowest BCUT2D eigenvalue weighted by molar-refractivity contribution is 0.451. The highest BCUT2D eigenvalue weighted by Crippen LogP contribution is 2.36. The fourth-order valence-electron chi connectivity index (χ4n) is 2.42. The zero-order valence-corrected chi connectivity index (χ0v) is 14.1. The first kappa shape index (κ1) is 18.4. The molecule has 0 amide bonds. The monoisotopic (exact) mass is 373 g/mol. The molecule has 0 unspecified atom stereocenters. The molecule has 0 saturated carbocycles. The van der Waals surface area contributed by atoms with Gasteiger partial charge in [-0.15, -0.1) is 0 Å². The number of rotatable bonds is 4. The number of benzene rings is 3. The average molecular weight is 373 g/mol. The van der Waals surface area contributed by atoms with Gasteiger partial charge in [-0.05, 0) is 36.4 Å². The minimum atomic E-state index is -0.760. The van der Waals surface area contributed by atoms with E-state index in [0.29, 0.717) is 0 Å². The van der Waals surface area contributed by atoms with Crippen LogP contribution in [0.4, 0.5) is 8.78 Å². The summed E-state index contributed by atoms with van der Waals surface area (Å²) in [7, 11) is 0. The molecule has 0 aliphatic rings. The largest absolute Gasteiger partial charge is 0.454 e. The lowest BCUT2D eigenvalue weighted by Crippen LogP contribution is -1.97. The van der Waals surface area contributed by atoms with Crippen LogP contribution in [-0.4, -0.2) is 0 Å². The van der Waals surface area contributed by atoms with Gasteiger partial charge in [0.15, 0.2) is 0 Å². The molecule has 0 aromatic heterocycles. The molecule has 3 aromatic carbocycles. The maximum atomic E-state index is 13.8. The van der Waals surface area contributed by atoms with E-state index in [1.54, 1.807) is 12.1 Å². The summed E-state index contributed by atoms with van der Waals surface area (Å²) in [4.78, 5) is 0. The Bertz CT molecular complexity index is 1100. The zero-order chi connectivity index (χ0) is 20.1. The van der Waals surface area contributed by atoms with Crippen LogP contribution in [0.25, 0.3) is 0 Å². The molecule has 0 atom stereocenters. The Kier molecular flexibility index (Phi) is 5.16. The average Bonchev–Trinajstić information content (AvgIpc) is 2.69. The van der Waals surface area contributed by atoms with Crippen LogP contribution in [0.3, 0.4) is 0 Å². The van der Waals surface area contributed by atoms with Crippen LogP contribution >= 0.6 is 0 Å². The summed E-state index contributed by atoms with van der Waals surface area (Å²) in [6.07, 6.45) is 0. The summed E-state index contributed by atoms with van der Waals surface area (Å²) in [5.74, 6) is -1.64. The van der Waals surface area contributed by atoms with Gasteiger partial charge in [0.05, 0.1) is 0 Å². The van der Waals surface area contributed by atoms with Crippen molar-refractivity contribution in [1.82, 2.24) is 0 Å². The molecule has 0 N–H and O–H groups in total. The molecule has 5 nitrogen and oxygen atoms in total. The van der Waals surface area contributed by atoms with Crippen LogP contribution < -0.4 is 9.47 Å². The topological polar surface area (TPSA) is 89.8 Å². The summed E-state index contributed by atoms with van der Waals surface area (Å²) in [5, 5.41) is 27.8. The molecule has 0 saturated heterocycles. The van der Waals surface area contributed by atoms with Crippen molar-refractivity contribution in [1.29, 1.82) is 15.8 Å². The van der Waals surface area contributed by atoms with E-state index >= 15 is 0 Å². The van der Waals surface area contributed by atoms with E-state index in [-0.39, 0.29) is 39.7 Å². The van der Waals surface area contributed by atoms with Gasteiger partial charge in [0.1, 0.15) is 69.5 Å². The molecule has 0 aliphatic heterocycles. The molecule has 134 valence electrons. The van der Waals surface area contributed by atoms with Gasteiger partial charge in [-0.1, -0.05) is 18.2 Å². The SMILES string of the molecule is N#Cc1c(F)cccc1Oc1cccc(Oc2cccc(F)c2C#N)c1C#N. The third kappa shape index (κ3) is 3.44.